The monoisotopic (exact) mass is 547 g/mol. The summed E-state index contributed by atoms with van der Waals surface area (Å²) in [5.74, 6) is 0. The van der Waals surface area contributed by atoms with E-state index in [4.69, 9.17) is 0 Å². The van der Waals surface area contributed by atoms with Crippen LogP contribution in [-0.2, 0) is 0 Å². The highest BCUT2D eigenvalue weighted by molar-refractivity contribution is 9.11. The van der Waals surface area contributed by atoms with Gasteiger partial charge in [-0.1, -0.05) is 0 Å². The summed E-state index contributed by atoms with van der Waals surface area (Å²) in [6, 6.07) is 7.41. The zero-order valence-corrected chi connectivity index (χ0v) is 16.2. The Morgan fingerprint density at radius 2 is 1.24 bits per heavy atom. The molecule has 0 aliphatic carbocycles. The quantitative estimate of drug-likeness (QED) is 0.178. The molecule has 2 aromatic rings. The average molecular weight is 551 g/mol. The minimum Gasteiger partial charge on any atom is -0.617 e. The molecule has 2 aromatic heterocycles. The van der Waals surface area contributed by atoms with Crippen molar-refractivity contribution in [1.82, 2.24) is 0 Å². The van der Waals surface area contributed by atoms with Crippen molar-refractivity contribution in [3.05, 3.63) is 69.3 Å². The molecule has 0 bridgehead atoms. The first-order chi connectivity index (χ1) is 9.73. The van der Waals surface area contributed by atoms with E-state index in [1.165, 1.54) is 0 Å². The minimum atomic E-state index is -0.574. The third-order valence-corrected chi connectivity index (χ3v) is 4.26. The van der Waals surface area contributed by atoms with Crippen molar-refractivity contribution in [3.63, 3.8) is 0 Å². The summed E-state index contributed by atoms with van der Waals surface area (Å²) in [5.41, 5.74) is -0.138. The van der Waals surface area contributed by atoms with Gasteiger partial charge in [0.1, 0.15) is 0 Å². The second-order valence-electron chi connectivity index (χ2n) is 3.38. The van der Waals surface area contributed by atoms with Crippen LogP contribution in [0.15, 0.2) is 48.7 Å². The van der Waals surface area contributed by atoms with Crippen molar-refractivity contribution in [2.24, 2.45) is 0 Å². The van der Waals surface area contributed by atoms with Crippen molar-refractivity contribution in [2.75, 3.05) is 0 Å². The van der Waals surface area contributed by atoms with E-state index in [0.717, 1.165) is 16.9 Å². The van der Waals surface area contributed by atoms with E-state index in [1.807, 2.05) is 0 Å². The highest BCUT2D eigenvalue weighted by Gasteiger charge is 2.16. The Hall–Kier alpha value is -0.780. The van der Waals surface area contributed by atoms with Crippen LogP contribution in [0.4, 0.5) is 5.69 Å². The van der Waals surface area contributed by atoms with E-state index in [1.54, 1.807) is 18.2 Å². The lowest BCUT2D eigenvalue weighted by atomic mass is 10.4. The van der Waals surface area contributed by atoms with E-state index in [-0.39, 0.29) is 14.9 Å². The van der Waals surface area contributed by atoms with Crippen LogP contribution >= 0.6 is 63.7 Å². The van der Waals surface area contributed by atoms with Crippen LogP contribution in [0.1, 0.15) is 0 Å². The van der Waals surface area contributed by atoms with Gasteiger partial charge in [0.05, 0.1) is 17.1 Å². The molecule has 0 spiro atoms. The molecule has 11 heteroatoms. The van der Waals surface area contributed by atoms with E-state index in [2.05, 4.69) is 63.7 Å². The van der Waals surface area contributed by atoms with Gasteiger partial charge in [0.25, 0.3) is 24.1 Å². The van der Waals surface area contributed by atoms with Gasteiger partial charge in [0, 0.05) is 75.9 Å². The first-order valence-corrected chi connectivity index (χ1v) is 8.17. The van der Waals surface area contributed by atoms with Crippen molar-refractivity contribution in [1.29, 1.82) is 0 Å². The highest BCUT2D eigenvalue weighted by Crippen LogP contribution is 2.19. The molecule has 0 aliphatic heterocycles. The fourth-order valence-corrected chi connectivity index (χ4v) is 3.07. The third-order valence-electron chi connectivity index (χ3n) is 1.99. The summed E-state index contributed by atoms with van der Waals surface area (Å²) < 4.78 is 2.47. The molecule has 7 nitrogen and oxygen atoms in total. The lowest BCUT2D eigenvalue weighted by Gasteiger charge is -1.99. The first kappa shape index (κ1) is 18.3. The van der Waals surface area contributed by atoms with E-state index in [0.29, 0.717) is 13.9 Å². The fraction of sp³-hybridized carbons (Fsp3) is 0. The fourth-order valence-electron chi connectivity index (χ4n) is 1.05. The van der Waals surface area contributed by atoms with E-state index in [9.17, 15) is 20.5 Å². The van der Waals surface area contributed by atoms with Gasteiger partial charge in [0.15, 0.2) is 0 Å². The molecular weight excluding hydrogens is 546 g/mol. The Bertz CT molecular complexity index is 640. The Morgan fingerprint density at radius 3 is 1.57 bits per heavy atom. The van der Waals surface area contributed by atoms with Crippen LogP contribution in [-0.4, -0.2) is 4.92 Å². The van der Waals surface area contributed by atoms with Gasteiger partial charge in [-0.05, 0) is 6.07 Å². The first-order valence-electron chi connectivity index (χ1n) is 5.00. The molecule has 2 heterocycles. The van der Waals surface area contributed by atoms with Crippen LogP contribution in [0.2, 0.25) is 0 Å². The second kappa shape index (κ2) is 8.01. The Labute approximate surface area is 152 Å². The SMILES string of the molecule is O=[N+]([O-])c1cc(Br)[n+]([O-])c(Br)c1.[O-][n+]1c(Br)cccc1Br. The largest absolute Gasteiger partial charge is 0.617 e. The van der Waals surface area contributed by atoms with Gasteiger partial charge < -0.3 is 10.4 Å². The molecule has 0 aliphatic rings. The lowest BCUT2D eigenvalue weighted by molar-refractivity contribution is -0.629. The topological polar surface area (TPSA) is 97.0 Å². The lowest BCUT2D eigenvalue weighted by Crippen LogP contribution is -2.29. The number of pyridine rings is 2. The minimum absolute atomic E-state index is 0.101. The maximum atomic E-state index is 10.9. The summed E-state index contributed by atoms with van der Waals surface area (Å²) in [7, 11) is 0. The molecule has 0 amide bonds. The van der Waals surface area contributed by atoms with Crippen molar-refractivity contribution in [3.8, 4) is 0 Å². The molecule has 0 fully saturated rings. The normalized spacial score (nSPS) is 9.71. The molecule has 21 heavy (non-hydrogen) atoms. The van der Waals surface area contributed by atoms with Crippen LogP contribution in [0, 0.1) is 20.5 Å². The Balaban J connectivity index is 0.000000219. The molecule has 0 N–H and O–H groups in total. The number of nitrogens with zero attached hydrogens (tertiary/aromatic N) is 3. The van der Waals surface area contributed by atoms with Crippen molar-refractivity contribution in [2.45, 2.75) is 0 Å². The standard InChI is InChI=1S/C5H2Br2N2O3.C5H3Br2NO/c6-4-1-3(9(11)12)2-5(7)8(4)10;6-4-2-1-3-5(7)8(4)9/h1-2H;1-3H. The highest BCUT2D eigenvalue weighted by atomic mass is 79.9. The third kappa shape index (κ3) is 5.16. The van der Waals surface area contributed by atoms with Gasteiger partial charge in [-0.3, -0.25) is 10.1 Å². The summed E-state index contributed by atoms with van der Waals surface area (Å²) in [6.07, 6.45) is 0. The molecular formula is C10H5Br4N3O4. The molecule has 0 unspecified atom stereocenters. The Kier molecular flexibility index (Phi) is 6.97. The number of hydrogen-bond donors (Lipinski definition) is 0. The molecule has 0 saturated carbocycles. The summed E-state index contributed by atoms with van der Waals surface area (Å²) in [4.78, 5) is 9.70. The molecule has 112 valence electrons. The van der Waals surface area contributed by atoms with Crippen molar-refractivity contribution < 1.29 is 14.4 Å². The number of nitro groups is 1. The molecule has 0 radical (unpaired) electrons. The van der Waals surface area contributed by atoms with Crippen LogP contribution in [0.5, 0.6) is 0 Å². The van der Waals surface area contributed by atoms with E-state index < -0.39 is 4.92 Å². The van der Waals surface area contributed by atoms with Gasteiger partial charge >= 0.3 is 0 Å². The zero-order valence-electron chi connectivity index (χ0n) is 9.87. The zero-order chi connectivity index (χ0) is 16.2. The average Bonchev–Trinajstić information content (AvgIpc) is 2.42. The van der Waals surface area contributed by atoms with E-state index >= 15 is 0 Å². The van der Waals surface area contributed by atoms with Crippen LogP contribution in [0.3, 0.4) is 0 Å². The summed E-state index contributed by atoms with van der Waals surface area (Å²) in [6.45, 7) is 0. The predicted molar refractivity (Wildman–Crippen MR) is 88.3 cm³/mol. The van der Waals surface area contributed by atoms with Gasteiger partial charge in [0.2, 0.25) is 0 Å². The number of aromatic nitrogens is 2. The molecule has 0 saturated heterocycles. The number of hydrogen-bond acceptors (Lipinski definition) is 4. The smallest absolute Gasteiger partial charge is 0.284 e. The number of rotatable bonds is 1. The van der Waals surface area contributed by atoms with Gasteiger partial charge in [-0.2, -0.15) is 9.46 Å². The van der Waals surface area contributed by atoms with Crippen molar-refractivity contribution >= 4 is 69.4 Å². The second-order valence-corrected chi connectivity index (χ2v) is 6.63. The predicted octanol–water partition coefficient (Wildman–Crippen LogP) is 3.60. The number of halogens is 4. The maximum Gasteiger partial charge on any atom is 0.284 e. The molecule has 2 rings (SSSR count). The molecule has 0 aromatic carbocycles. The summed E-state index contributed by atoms with van der Waals surface area (Å²) >= 11 is 11.9. The van der Waals surface area contributed by atoms with Gasteiger partial charge in [-0.25, -0.2) is 0 Å². The molecule has 0 atom stereocenters. The van der Waals surface area contributed by atoms with Crippen LogP contribution in [0.25, 0.3) is 0 Å². The van der Waals surface area contributed by atoms with Crippen LogP contribution < -0.4 is 9.46 Å². The Morgan fingerprint density at radius 1 is 0.857 bits per heavy atom. The maximum absolute atomic E-state index is 10.9. The van der Waals surface area contributed by atoms with Gasteiger partial charge in [-0.15, -0.1) is 0 Å². The summed E-state index contributed by atoms with van der Waals surface area (Å²) in [5, 5.41) is 32.0.